The number of carbonyl (C=O) groups is 1. The number of rotatable bonds is 5. The third-order valence-electron chi connectivity index (χ3n) is 4.01. The summed E-state index contributed by atoms with van der Waals surface area (Å²) in [6, 6.07) is 11.2. The monoisotopic (exact) mass is 463 g/mol. The lowest BCUT2D eigenvalue weighted by Gasteiger charge is -2.12. The molecule has 0 saturated heterocycles. The van der Waals surface area contributed by atoms with Crippen LogP contribution in [-0.4, -0.2) is 21.2 Å². The molecule has 0 radical (unpaired) electrons. The highest BCUT2D eigenvalue weighted by molar-refractivity contribution is 7.99. The summed E-state index contributed by atoms with van der Waals surface area (Å²) in [6.45, 7) is 0. The molecule has 2 heterocycles. The number of nitrogens with zero attached hydrogens (tertiary/aromatic N) is 2. The third kappa shape index (κ3) is 4.38. The van der Waals surface area contributed by atoms with E-state index in [2.05, 4.69) is 10.3 Å². The second-order valence-corrected chi connectivity index (χ2v) is 8.44. The smallest absolute Gasteiger partial charge is 0.276 e. The topological polar surface area (TPSA) is 64.0 Å². The van der Waals surface area contributed by atoms with Crippen LogP contribution in [0.15, 0.2) is 63.9 Å². The number of hydrogen-bond donors (Lipinski definition) is 1. The molecule has 0 aliphatic rings. The van der Waals surface area contributed by atoms with Crippen molar-refractivity contribution in [3.8, 4) is 5.69 Å². The van der Waals surface area contributed by atoms with Gasteiger partial charge in [0.05, 0.1) is 17.0 Å². The SMILES string of the molecule is O=C(CSc1nc2ccsc2c(=O)n1-c1ccc(Cl)cc1)Nc1cc(F)cc(F)c1. The molecule has 0 spiro atoms. The fourth-order valence-electron chi connectivity index (χ4n) is 2.76. The van der Waals surface area contributed by atoms with E-state index in [1.807, 2.05) is 0 Å². The number of halogens is 3. The van der Waals surface area contributed by atoms with Gasteiger partial charge in [-0.2, -0.15) is 0 Å². The van der Waals surface area contributed by atoms with Gasteiger partial charge in [-0.25, -0.2) is 13.8 Å². The van der Waals surface area contributed by atoms with E-state index in [-0.39, 0.29) is 17.0 Å². The Morgan fingerprint density at radius 1 is 1.13 bits per heavy atom. The number of fused-ring (bicyclic) bond motifs is 1. The summed E-state index contributed by atoms with van der Waals surface area (Å²) in [6.07, 6.45) is 0. The van der Waals surface area contributed by atoms with Crippen LogP contribution >= 0.6 is 34.7 Å². The van der Waals surface area contributed by atoms with Crippen molar-refractivity contribution in [2.45, 2.75) is 5.16 Å². The zero-order valence-corrected chi connectivity index (χ0v) is 17.5. The minimum Gasteiger partial charge on any atom is -0.325 e. The molecule has 30 heavy (non-hydrogen) atoms. The van der Waals surface area contributed by atoms with Crippen LogP contribution in [0, 0.1) is 11.6 Å². The fourth-order valence-corrected chi connectivity index (χ4v) is 4.46. The lowest BCUT2D eigenvalue weighted by molar-refractivity contribution is -0.113. The largest absolute Gasteiger partial charge is 0.325 e. The van der Waals surface area contributed by atoms with Crippen LogP contribution < -0.4 is 10.9 Å². The summed E-state index contributed by atoms with van der Waals surface area (Å²) in [5.41, 5.74) is 0.842. The van der Waals surface area contributed by atoms with E-state index < -0.39 is 17.5 Å². The molecule has 2 aromatic carbocycles. The molecular formula is C20H12ClF2N3O2S2. The number of hydrogen-bond acceptors (Lipinski definition) is 5. The van der Waals surface area contributed by atoms with Crippen molar-refractivity contribution in [1.82, 2.24) is 9.55 Å². The number of carbonyl (C=O) groups excluding carboxylic acids is 1. The summed E-state index contributed by atoms with van der Waals surface area (Å²) in [4.78, 5) is 29.8. The Morgan fingerprint density at radius 3 is 2.53 bits per heavy atom. The van der Waals surface area contributed by atoms with Crippen molar-refractivity contribution in [2.75, 3.05) is 11.1 Å². The first-order valence-corrected chi connectivity index (χ1v) is 10.8. The van der Waals surface area contributed by atoms with Gasteiger partial charge in [0.15, 0.2) is 5.16 Å². The molecule has 0 atom stereocenters. The van der Waals surface area contributed by atoms with Gasteiger partial charge in [0, 0.05) is 16.8 Å². The van der Waals surface area contributed by atoms with Crippen LogP contribution in [0.5, 0.6) is 0 Å². The molecule has 0 aliphatic heterocycles. The molecule has 0 fully saturated rings. The number of thiophene rings is 1. The molecule has 152 valence electrons. The van der Waals surface area contributed by atoms with Gasteiger partial charge in [-0.05, 0) is 47.8 Å². The third-order valence-corrected chi connectivity index (χ3v) is 6.09. The van der Waals surface area contributed by atoms with Crippen molar-refractivity contribution >= 4 is 56.5 Å². The number of anilines is 1. The highest BCUT2D eigenvalue weighted by Gasteiger charge is 2.16. The minimum absolute atomic E-state index is 0.00874. The molecule has 0 bridgehead atoms. The van der Waals surface area contributed by atoms with Gasteiger partial charge in [0.2, 0.25) is 5.91 Å². The second kappa shape index (κ2) is 8.55. The Labute approximate surface area is 182 Å². The van der Waals surface area contributed by atoms with Crippen LogP contribution in [0.1, 0.15) is 0 Å². The molecule has 0 unspecified atom stereocenters. The van der Waals surface area contributed by atoms with E-state index in [0.717, 1.165) is 30.0 Å². The number of aromatic nitrogens is 2. The van der Waals surface area contributed by atoms with Gasteiger partial charge < -0.3 is 5.32 Å². The van der Waals surface area contributed by atoms with Crippen molar-refractivity contribution in [2.24, 2.45) is 0 Å². The quantitative estimate of drug-likeness (QED) is 0.330. The summed E-state index contributed by atoms with van der Waals surface area (Å²) >= 11 is 8.27. The lowest BCUT2D eigenvalue weighted by Crippen LogP contribution is -2.22. The van der Waals surface area contributed by atoms with Crippen LogP contribution in [0.25, 0.3) is 15.9 Å². The number of thioether (sulfide) groups is 1. The zero-order chi connectivity index (χ0) is 21.3. The maximum atomic E-state index is 13.3. The van der Waals surface area contributed by atoms with Crippen LogP contribution in [0.2, 0.25) is 5.02 Å². The van der Waals surface area contributed by atoms with Gasteiger partial charge in [-0.1, -0.05) is 23.4 Å². The average molecular weight is 464 g/mol. The highest BCUT2D eigenvalue weighted by Crippen LogP contribution is 2.24. The predicted molar refractivity (Wildman–Crippen MR) is 116 cm³/mol. The van der Waals surface area contributed by atoms with Gasteiger partial charge in [0.25, 0.3) is 5.56 Å². The van der Waals surface area contributed by atoms with Crippen molar-refractivity contribution < 1.29 is 13.6 Å². The van der Waals surface area contributed by atoms with Gasteiger partial charge in [-0.3, -0.25) is 14.2 Å². The molecule has 0 saturated carbocycles. The fraction of sp³-hybridized carbons (Fsp3) is 0.0500. The molecule has 4 aromatic rings. The molecule has 1 N–H and O–H groups in total. The summed E-state index contributed by atoms with van der Waals surface area (Å²) in [5.74, 6) is -2.20. The Kier molecular flexibility index (Phi) is 5.85. The van der Waals surface area contributed by atoms with Crippen molar-refractivity contribution in [3.05, 3.63) is 80.9 Å². The Bertz CT molecular complexity index is 1290. The Morgan fingerprint density at radius 2 is 1.83 bits per heavy atom. The number of nitrogens with one attached hydrogen (secondary N) is 1. The zero-order valence-electron chi connectivity index (χ0n) is 15.1. The van der Waals surface area contributed by atoms with Gasteiger partial charge >= 0.3 is 0 Å². The molecule has 4 rings (SSSR count). The van der Waals surface area contributed by atoms with E-state index in [4.69, 9.17) is 11.6 Å². The van der Waals surface area contributed by atoms with Crippen molar-refractivity contribution in [3.63, 3.8) is 0 Å². The van der Waals surface area contributed by atoms with E-state index in [1.54, 1.807) is 35.7 Å². The standard InChI is InChI=1S/C20H12ClF2N3O2S2/c21-11-1-3-15(4-2-11)26-19(28)18-16(5-6-29-18)25-20(26)30-10-17(27)24-14-8-12(22)7-13(23)9-14/h1-9H,10H2,(H,24,27). The normalized spacial score (nSPS) is 11.0. The summed E-state index contributed by atoms with van der Waals surface area (Å²) in [7, 11) is 0. The summed E-state index contributed by atoms with van der Waals surface area (Å²) in [5, 5.41) is 5.04. The maximum Gasteiger partial charge on any atom is 0.276 e. The number of benzene rings is 2. The Hall–Kier alpha value is -2.75. The average Bonchev–Trinajstić information content (AvgIpc) is 3.16. The molecule has 0 aliphatic carbocycles. The first kappa shape index (κ1) is 20.5. The van der Waals surface area contributed by atoms with Gasteiger partial charge in [-0.15, -0.1) is 11.3 Å². The van der Waals surface area contributed by atoms with E-state index in [0.29, 0.717) is 26.1 Å². The van der Waals surface area contributed by atoms with E-state index >= 15 is 0 Å². The molecule has 10 heteroatoms. The predicted octanol–water partition coefficient (Wildman–Crippen LogP) is 5.11. The van der Waals surface area contributed by atoms with Crippen LogP contribution in [0.4, 0.5) is 14.5 Å². The van der Waals surface area contributed by atoms with E-state index in [1.165, 1.54) is 15.9 Å². The summed E-state index contributed by atoms with van der Waals surface area (Å²) < 4.78 is 28.5. The molecular weight excluding hydrogens is 452 g/mol. The van der Waals surface area contributed by atoms with E-state index in [9.17, 15) is 18.4 Å². The van der Waals surface area contributed by atoms with Gasteiger partial charge in [0.1, 0.15) is 16.3 Å². The molecule has 2 aromatic heterocycles. The molecule has 5 nitrogen and oxygen atoms in total. The van der Waals surface area contributed by atoms with Crippen molar-refractivity contribution in [1.29, 1.82) is 0 Å². The van der Waals surface area contributed by atoms with Crippen LogP contribution in [-0.2, 0) is 4.79 Å². The lowest BCUT2D eigenvalue weighted by atomic mass is 10.3. The first-order chi connectivity index (χ1) is 14.4. The van der Waals surface area contributed by atoms with Crippen LogP contribution in [0.3, 0.4) is 0 Å². The molecule has 1 amide bonds. The Balaban J connectivity index is 1.63. The maximum absolute atomic E-state index is 13.3. The first-order valence-electron chi connectivity index (χ1n) is 8.55. The highest BCUT2D eigenvalue weighted by atomic mass is 35.5. The minimum atomic E-state index is -0.792. The number of amides is 1. The second-order valence-electron chi connectivity index (χ2n) is 6.14.